The molecule has 100 valence electrons. The number of nitrogens with zero attached hydrogens (tertiary/aromatic N) is 1. The average Bonchev–Trinajstić information content (AvgIpc) is 2.93. The Hall–Kier alpha value is -2.39. The maximum Gasteiger partial charge on any atom is 0.121 e. The van der Waals surface area contributed by atoms with Crippen molar-refractivity contribution in [2.45, 2.75) is 6.54 Å². The zero-order valence-electron chi connectivity index (χ0n) is 11.4. The Labute approximate surface area is 118 Å². The van der Waals surface area contributed by atoms with Gasteiger partial charge >= 0.3 is 0 Å². The molecule has 0 unspecified atom stereocenters. The Balaban J connectivity index is 2.13. The van der Waals surface area contributed by atoms with Crippen LogP contribution in [0.4, 0.5) is 0 Å². The second-order valence-corrected chi connectivity index (χ2v) is 4.67. The van der Waals surface area contributed by atoms with Crippen LogP contribution in [-0.4, -0.2) is 17.0 Å². The summed E-state index contributed by atoms with van der Waals surface area (Å²) in [7, 11) is 1.92. The fourth-order valence-corrected chi connectivity index (χ4v) is 2.29. The number of H-pyrrole nitrogens is 1. The number of hydrogen-bond acceptors (Lipinski definition) is 2. The largest absolute Gasteiger partial charge is 0.340 e. The van der Waals surface area contributed by atoms with E-state index in [-0.39, 0.29) is 0 Å². The minimum absolute atomic E-state index is 0.729. The second-order valence-electron chi connectivity index (χ2n) is 4.67. The minimum Gasteiger partial charge on any atom is -0.340 e. The van der Waals surface area contributed by atoms with Crippen LogP contribution >= 0.6 is 0 Å². The minimum atomic E-state index is 0.729. The molecule has 0 fully saturated rings. The van der Waals surface area contributed by atoms with Gasteiger partial charge in [0, 0.05) is 11.1 Å². The van der Waals surface area contributed by atoms with Crippen LogP contribution in [0.2, 0.25) is 0 Å². The van der Waals surface area contributed by atoms with Gasteiger partial charge in [-0.15, -0.1) is 0 Å². The molecular weight excluding hydrogens is 246 g/mol. The molecule has 1 heterocycles. The van der Waals surface area contributed by atoms with Gasteiger partial charge in [0.25, 0.3) is 0 Å². The van der Waals surface area contributed by atoms with Crippen molar-refractivity contribution in [1.82, 2.24) is 15.3 Å². The molecule has 3 rings (SSSR count). The van der Waals surface area contributed by atoms with Gasteiger partial charge in [-0.1, -0.05) is 60.7 Å². The molecule has 0 aliphatic heterocycles. The van der Waals surface area contributed by atoms with Gasteiger partial charge in [-0.3, -0.25) is 0 Å². The summed E-state index contributed by atoms with van der Waals surface area (Å²) in [5.74, 6) is 0.949. The first-order chi connectivity index (χ1) is 9.88. The van der Waals surface area contributed by atoms with Crippen molar-refractivity contribution in [2.24, 2.45) is 0 Å². The zero-order chi connectivity index (χ0) is 13.8. The van der Waals surface area contributed by atoms with E-state index in [0.29, 0.717) is 0 Å². The Kier molecular flexibility index (Phi) is 3.61. The van der Waals surface area contributed by atoms with Crippen LogP contribution < -0.4 is 5.32 Å². The summed E-state index contributed by atoms with van der Waals surface area (Å²) in [6.45, 7) is 0.729. The lowest BCUT2D eigenvalue weighted by Crippen LogP contribution is -2.06. The normalized spacial score (nSPS) is 10.7. The number of aromatic nitrogens is 2. The summed E-state index contributed by atoms with van der Waals surface area (Å²) >= 11 is 0. The molecule has 0 saturated carbocycles. The first-order valence-corrected chi connectivity index (χ1v) is 6.73. The van der Waals surface area contributed by atoms with Crippen LogP contribution in [0.5, 0.6) is 0 Å². The average molecular weight is 263 g/mol. The quantitative estimate of drug-likeness (QED) is 0.756. The Morgan fingerprint density at radius 2 is 1.50 bits per heavy atom. The molecule has 2 aromatic carbocycles. The number of benzene rings is 2. The molecule has 0 amide bonds. The van der Waals surface area contributed by atoms with E-state index in [9.17, 15) is 0 Å². The Morgan fingerprint density at radius 3 is 2.10 bits per heavy atom. The summed E-state index contributed by atoms with van der Waals surface area (Å²) in [5.41, 5.74) is 4.36. The molecule has 20 heavy (non-hydrogen) atoms. The second kappa shape index (κ2) is 5.72. The van der Waals surface area contributed by atoms with Crippen LogP contribution in [0.15, 0.2) is 60.7 Å². The molecule has 3 nitrogen and oxygen atoms in total. The highest BCUT2D eigenvalue weighted by Gasteiger charge is 2.13. The van der Waals surface area contributed by atoms with Gasteiger partial charge in [0.2, 0.25) is 0 Å². The first kappa shape index (κ1) is 12.6. The summed E-state index contributed by atoms with van der Waals surface area (Å²) in [6, 6.07) is 20.6. The predicted octanol–water partition coefficient (Wildman–Crippen LogP) is 3.46. The summed E-state index contributed by atoms with van der Waals surface area (Å²) in [4.78, 5) is 8.15. The zero-order valence-corrected chi connectivity index (χ0v) is 11.4. The predicted molar refractivity (Wildman–Crippen MR) is 82.2 cm³/mol. The fraction of sp³-hybridized carbons (Fsp3) is 0.118. The van der Waals surface area contributed by atoms with Gasteiger partial charge in [0.1, 0.15) is 5.82 Å². The van der Waals surface area contributed by atoms with Crippen LogP contribution in [-0.2, 0) is 6.54 Å². The Morgan fingerprint density at radius 1 is 0.900 bits per heavy atom. The lowest BCUT2D eigenvalue weighted by molar-refractivity contribution is 0.773. The van der Waals surface area contributed by atoms with E-state index < -0.39 is 0 Å². The molecule has 3 heteroatoms. The number of nitrogens with one attached hydrogen (secondary N) is 2. The molecule has 0 aliphatic carbocycles. The van der Waals surface area contributed by atoms with Crippen LogP contribution in [0.1, 0.15) is 5.82 Å². The van der Waals surface area contributed by atoms with E-state index in [0.717, 1.165) is 34.9 Å². The fourth-order valence-electron chi connectivity index (χ4n) is 2.29. The van der Waals surface area contributed by atoms with Gasteiger partial charge in [-0.05, 0) is 7.05 Å². The molecule has 0 spiro atoms. The molecule has 0 aliphatic rings. The summed E-state index contributed by atoms with van der Waals surface area (Å²) in [6.07, 6.45) is 0. The van der Waals surface area contributed by atoms with Crippen molar-refractivity contribution in [3.8, 4) is 22.5 Å². The molecule has 0 saturated heterocycles. The third-order valence-corrected chi connectivity index (χ3v) is 3.21. The summed E-state index contributed by atoms with van der Waals surface area (Å²) in [5, 5.41) is 3.13. The number of aromatic amines is 1. The van der Waals surface area contributed by atoms with Crippen LogP contribution in [0.25, 0.3) is 22.5 Å². The van der Waals surface area contributed by atoms with E-state index in [4.69, 9.17) is 4.98 Å². The van der Waals surface area contributed by atoms with Crippen molar-refractivity contribution in [3.63, 3.8) is 0 Å². The number of rotatable bonds is 4. The molecule has 0 atom stereocenters. The van der Waals surface area contributed by atoms with E-state index in [1.807, 2.05) is 43.4 Å². The lowest BCUT2D eigenvalue weighted by Gasteiger charge is -2.02. The lowest BCUT2D eigenvalue weighted by atomic mass is 10.1. The number of hydrogen-bond donors (Lipinski definition) is 2. The van der Waals surface area contributed by atoms with E-state index in [2.05, 4.69) is 34.6 Å². The van der Waals surface area contributed by atoms with Crippen LogP contribution in [0, 0.1) is 0 Å². The molecule has 1 aromatic heterocycles. The van der Waals surface area contributed by atoms with Crippen molar-refractivity contribution in [2.75, 3.05) is 7.05 Å². The van der Waals surface area contributed by atoms with E-state index in [1.54, 1.807) is 0 Å². The maximum atomic E-state index is 4.73. The third-order valence-electron chi connectivity index (χ3n) is 3.21. The smallest absolute Gasteiger partial charge is 0.121 e. The van der Waals surface area contributed by atoms with Crippen molar-refractivity contribution < 1.29 is 0 Å². The highest BCUT2D eigenvalue weighted by Crippen LogP contribution is 2.29. The van der Waals surface area contributed by atoms with Gasteiger partial charge < -0.3 is 10.3 Å². The van der Waals surface area contributed by atoms with Gasteiger partial charge in [0.05, 0.1) is 17.9 Å². The molecule has 3 aromatic rings. The molecular formula is C17H17N3. The van der Waals surface area contributed by atoms with Gasteiger partial charge in [-0.25, -0.2) is 4.98 Å². The van der Waals surface area contributed by atoms with Crippen molar-refractivity contribution in [3.05, 3.63) is 66.5 Å². The summed E-state index contributed by atoms with van der Waals surface area (Å²) < 4.78 is 0. The van der Waals surface area contributed by atoms with E-state index >= 15 is 0 Å². The van der Waals surface area contributed by atoms with Crippen molar-refractivity contribution in [1.29, 1.82) is 0 Å². The van der Waals surface area contributed by atoms with Gasteiger partial charge in [-0.2, -0.15) is 0 Å². The van der Waals surface area contributed by atoms with E-state index in [1.165, 1.54) is 0 Å². The molecule has 2 N–H and O–H groups in total. The highest BCUT2D eigenvalue weighted by molar-refractivity contribution is 5.78. The standard InChI is InChI=1S/C17H17N3/c1-18-12-15-19-16(13-8-4-2-5-9-13)17(20-15)14-10-6-3-7-11-14/h2-11,18H,12H2,1H3,(H,19,20). The van der Waals surface area contributed by atoms with Crippen molar-refractivity contribution >= 4 is 0 Å². The maximum absolute atomic E-state index is 4.73. The topological polar surface area (TPSA) is 40.7 Å². The molecule has 0 bridgehead atoms. The van der Waals surface area contributed by atoms with Gasteiger partial charge in [0.15, 0.2) is 0 Å². The third kappa shape index (κ3) is 2.49. The number of imidazole rings is 1. The highest BCUT2D eigenvalue weighted by atomic mass is 15.0. The Bertz CT molecular complexity index is 615. The van der Waals surface area contributed by atoms with Crippen LogP contribution in [0.3, 0.4) is 0 Å². The molecule has 0 radical (unpaired) electrons. The SMILES string of the molecule is CNCc1nc(-c2ccccc2)c(-c2ccccc2)[nH]1. The first-order valence-electron chi connectivity index (χ1n) is 6.73. The monoisotopic (exact) mass is 263 g/mol.